The molecule has 1 saturated carbocycles. The molecule has 3 aromatic rings. The zero-order valence-electron chi connectivity index (χ0n) is 21.4. The molecule has 2 aliphatic rings. The molecule has 1 atom stereocenters. The molecule has 5 nitrogen and oxygen atoms in total. The highest BCUT2D eigenvalue weighted by molar-refractivity contribution is 6.34. The molecule has 1 saturated heterocycles. The van der Waals surface area contributed by atoms with Gasteiger partial charge in [0, 0.05) is 23.8 Å². The number of likely N-dealkylation sites (tertiary alicyclic amines) is 1. The largest absolute Gasteiger partial charge is 0.417 e. The Balaban J connectivity index is 1.57. The Morgan fingerprint density at radius 1 is 1.08 bits per heavy atom. The van der Waals surface area contributed by atoms with Crippen LogP contribution in [0.25, 0.3) is 11.1 Å². The van der Waals surface area contributed by atoms with Gasteiger partial charge in [-0.25, -0.2) is 0 Å². The lowest BCUT2D eigenvalue weighted by Gasteiger charge is -2.45. The van der Waals surface area contributed by atoms with Gasteiger partial charge in [0.1, 0.15) is 0 Å². The summed E-state index contributed by atoms with van der Waals surface area (Å²) >= 11 is 6.16. The fraction of sp³-hybridized carbons (Fsp3) is 0.448. The van der Waals surface area contributed by atoms with Crippen molar-refractivity contribution < 1.29 is 18.0 Å². The Labute approximate surface area is 226 Å². The first-order valence-corrected chi connectivity index (χ1v) is 13.6. The maximum atomic E-state index is 13.6. The molecule has 38 heavy (non-hydrogen) atoms. The van der Waals surface area contributed by atoms with E-state index < -0.39 is 28.7 Å². The van der Waals surface area contributed by atoms with Crippen LogP contribution in [0.2, 0.25) is 5.02 Å². The van der Waals surface area contributed by atoms with Crippen molar-refractivity contribution in [3.63, 3.8) is 0 Å². The Hall–Kier alpha value is -2.84. The smallest absolute Gasteiger partial charge is 0.343 e. The van der Waals surface area contributed by atoms with Gasteiger partial charge < -0.3 is 5.32 Å². The van der Waals surface area contributed by atoms with Gasteiger partial charge in [-0.15, -0.1) is 0 Å². The lowest BCUT2D eigenvalue weighted by Crippen LogP contribution is -2.55. The van der Waals surface area contributed by atoms with E-state index in [1.807, 2.05) is 42.2 Å². The van der Waals surface area contributed by atoms with Crippen LogP contribution < -0.4 is 5.32 Å². The van der Waals surface area contributed by atoms with Gasteiger partial charge in [-0.2, -0.15) is 18.3 Å². The lowest BCUT2D eigenvalue weighted by atomic mass is 9.81. The first kappa shape index (κ1) is 26.8. The molecule has 9 heteroatoms. The molecule has 0 bridgehead atoms. The van der Waals surface area contributed by atoms with Crippen molar-refractivity contribution in [3.05, 3.63) is 76.6 Å². The quantitative estimate of drug-likeness (QED) is 0.344. The average molecular weight is 545 g/mol. The van der Waals surface area contributed by atoms with Gasteiger partial charge in [-0.05, 0) is 75.0 Å². The molecule has 1 aliphatic heterocycles. The van der Waals surface area contributed by atoms with Crippen molar-refractivity contribution in [2.45, 2.75) is 69.8 Å². The molecule has 1 amide bonds. The van der Waals surface area contributed by atoms with E-state index in [0.29, 0.717) is 0 Å². The van der Waals surface area contributed by atoms with E-state index >= 15 is 0 Å². The first-order chi connectivity index (χ1) is 18.2. The fourth-order valence-electron chi connectivity index (χ4n) is 6.18. The summed E-state index contributed by atoms with van der Waals surface area (Å²) in [6, 6.07) is 11.1. The van der Waals surface area contributed by atoms with E-state index in [9.17, 15) is 18.0 Å². The van der Waals surface area contributed by atoms with Gasteiger partial charge in [0.15, 0.2) is 0 Å². The van der Waals surface area contributed by atoms with Gasteiger partial charge >= 0.3 is 6.18 Å². The van der Waals surface area contributed by atoms with Crippen LogP contribution in [0, 0.1) is 0 Å². The predicted molar refractivity (Wildman–Crippen MR) is 142 cm³/mol. The molecule has 1 aromatic heterocycles. The third-order valence-electron chi connectivity index (χ3n) is 8.08. The van der Waals surface area contributed by atoms with Crippen LogP contribution in [-0.2, 0) is 12.7 Å². The summed E-state index contributed by atoms with van der Waals surface area (Å²) in [4.78, 5) is 16.1. The number of alkyl halides is 3. The Kier molecular flexibility index (Phi) is 7.56. The van der Waals surface area contributed by atoms with Crippen LogP contribution in [0.15, 0.2) is 54.9 Å². The molecule has 0 radical (unpaired) electrons. The van der Waals surface area contributed by atoms with Crippen molar-refractivity contribution >= 4 is 17.5 Å². The van der Waals surface area contributed by atoms with E-state index in [0.717, 1.165) is 80.9 Å². The molecule has 0 spiro atoms. The number of aromatic nitrogens is 2. The summed E-state index contributed by atoms with van der Waals surface area (Å²) in [5, 5.41) is 7.00. The maximum absolute atomic E-state index is 13.6. The topological polar surface area (TPSA) is 50.2 Å². The third kappa shape index (κ3) is 5.08. The minimum absolute atomic E-state index is 0.165. The summed E-state index contributed by atoms with van der Waals surface area (Å²) in [5.41, 5.74) is 1.40. The monoisotopic (exact) mass is 544 g/mol. The van der Waals surface area contributed by atoms with Crippen molar-refractivity contribution in [2.75, 3.05) is 13.1 Å². The zero-order valence-corrected chi connectivity index (χ0v) is 22.2. The molecule has 2 aromatic carbocycles. The van der Waals surface area contributed by atoms with Crippen LogP contribution in [0.4, 0.5) is 13.2 Å². The van der Waals surface area contributed by atoms with Gasteiger partial charge in [0.05, 0.1) is 28.4 Å². The number of carbonyl (C=O) groups excluding carboxylic acids is 1. The highest BCUT2D eigenvalue weighted by Gasteiger charge is 2.48. The van der Waals surface area contributed by atoms with E-state index in [-0.39, 0.29) is 11.1 Å². The van der Waals surface area contributed by atoms with E-state index in [1.165, 1.54) is 12.1 Å². The molecular formula is C29H32ClF3N4O. The van der Waals surface area contributed by atoms with Crippen LogP contribution in [0.3, 0.4) is 0 Å². The Morgan fingerprint density at radius 3 is 2.45 bits per heavy atom. The van der Waals surface area contributed by atoms with Crippen LogP contribution in [-0.4, -0.2) is 39.2 Å². The van der Waals surface area contributed by atoms with Crippen molar-refractivity contribution in [1.82, 2.24) is 20.0 Å². The highest BCUT2D eigenvalue weighted by atomic mass is 35.5. The summed E-state index contributed by atoms with van der Waals surface area (Å²) in [6.07, 6.45) is 5.25. The number of halogens is 4. The molecule has 202 valence electrons. The van der Waals surface area contributed by atoms with Crippen LogP contribution in [0.5, 0.6) is 0 Å². The molecule has 5 rings (SSSR count). The highest BCUT2D eigenvalue weighted by Crippen LogP contribution is 2.47. The summed E-state index contributed by atoms with van der Waals surface area (Å²) in [5.74, 6) is -0.597. The summed E-state index contributed by atoms with van der Waals surface area (Å²) in [6.45, 7) is 4.67. The van der Waals surface area contributed by atoms with Gasteiger partial charge in [0.2, 0.25) is 0 Å². The number of benzene rings is 2. The molecule has 1 N–H and O–H groups in total. The number of nitrogens with one attached hydrogen (secondary N) is 1. The second-order valence-corrected chi connectivity index (χ2v) is 10.7. The van der Waals surface area contributed by atoms with Crippen LogP contribution >= 0.6 is 11.6 Å². The standard InChI is InChI=1S/C29H32ClF3N4O/c1-2-37-19-22(18-34-37)20-9-7-10-21(17-20)26(28(13-3-4-14-28)36-15-5-6-16-36)35-27(38)23-11-8-12-24(25(23)30)29(31,32)33/h7-12,17-19,26H,2-6,13-16H2,1H3,(H,35,38). The Morgan fingerprint density at radius 2 is 1.79 bits per heavy atom. The second kappa shape index (κ2) is 10.7. The molecule has 2 fully saturated rings. The number of aryl methyl sites for hydroxylation is 1. The first-order valence-electron chi connectivity index (χ1n) is 13.3. The molecule has 2 heterocycles. The third-order valence-corrected chi connectivity index (χ3v) is 8.48. The maximum Gasteiger partial charge on any atom is 0.417 e. The number of nitrogens with zero attached hydrogens (tertiary/aromatic N) is 3. The van der Waals surface area contributed by atoms with E-state index in [2.05, 4.69) is 21.4 Å². The van der Waals surface area contributed by atoms with Gasteiger partial charge in [-0.3, -0.25) is 14.4 Å². The number of rotatable bonds is 7. The van der Waals surface area contributed by atoms with Gasteiger partial charge in [-0.1, -0.05) is 48.7 Å². The minimum Gasteiger partial charge on any atom is -0.343 e. The normalized spacial score (nSPS) is 18.6. The molecular weight excluding hydrogens is 513 g/mol. The minimum atomic E-state index is -4.65. The van der Waals surface area contributed by atoms with Crippen molar-refractivity contribution in [1.29, 1.82) is 0 Å². The predicted octanol–water partition coefficient (Wildman–Crippen LogP) is 7.12. The van der Waals surface area contributed by atoms with Crippen molar-refractivity contribution in [3.8, 4) is 11.1 Å². The number of hydrogen-bond acceptors (Lipinski definition) is 3. The fourth-order valence-corrected chi connectivity index (χ4v) is 6.50. The zero-order chi connectivity index (χ0) is 26.9. The summed E-state index contributed by atoms with van der Waals surface area (Å²) in [7, 11) is 0. The number of hydrogen-bond donors (Lipinski definition) is 1. The molecule has 1 aliphatic carbocycles. The van der Waals surface area contributed by atoms with E-state index in [1.54, 1.807) is 0 Å². The average Bonchev–Trinajstić information content (AvgIpc) is 3.68. The number of amides is 1. The number of carbonyl (C=O) groups is 1. The van der Waals surface area contributed by atoms with Crippen molar-refractivity contribution in [2.24, 2.45) is 0 Å². The van der Waals surface area contributed by atoms with Gasteiger partial charge in [0.25, 0.3) is 5.91 Å². The lowest BCUT2D eigenvalue weighted by molar-refractivity contribution is -0.137. The van der Waals surface area contributed by atoms with Crippen LogP contribution in [0.1, 0.15) is 73.0 Å². The Bertz CT molecular complexity index is 1290. The SMILES string of the molecule is CCn1cc(-c2cccc(C(NC(=O)c3cccc(C(F)(F)F)c3Cl)C3(N4CCCC4)CCCC3)c2)cn1. The summed E-state index contributed by atoms with van der Waals surface area (Å²) < 4.78 is 42.5. The van der Waals surface area contributed by atoms with E-state index in [4.69, 9.17) is 11.6 Å². The second-order valence-electron chi connectivity index (χ2n) is 10.3. The molecule has 1 unspecified atom stereocenters.